The maximum atomic E-state index is 12.0. The highest BCUT2D eigenvalue weighted by Gasteiger charge is 2.56. The van der Waals surface area contributed by atoms with Gasteiger partial charge < -0.3 is 14.6 Å². The lowest BCUT2D eigenvalue weighted by Crippen LogP contribution is -2.32. The molecule has 0 unspecified atom stereocenters. The van der Waals surface area contributed by atoms with Crippen molar-refractivity contribution in [3.63, 3.8) is 0 Å². The highest BCUT2D eigenvalue weighted by molar-refractivity contribution is 14.1. The van der Waals surface area contributed by atoms with Crippen molar-refractivity contribution in [2.75, 3.05) is 11.9 Å². The van der Waals surface area contributed by atoms with Crippen LogP contribution in [0.5, 0.6) is 5.75 Å². The van der Waals surface area contributed by atoms with Gasteiger partial charge in [-0.25, -0.2) is 4.79 Å². The zero-order chi connectivity index (χ0) is 15.3. The molecular weight excluding hydrogens is 512 g/mol. The zero-order valence-electron chi connectivity index (χ0n) is 11.2. The molecule has 2 aromatic rings. The third kappa shape index (κ3) is 2.45. The number of halogens is 2. The second kappa shape index (κ2) is 5.55. The standard InChI is InChI=1S/C14H11I2N3O3/c15-7-1-2-8(16)13-11(7)10-6(5-21-13)12(10)18-14(20)17-9-3-4-22-19-9/h1-4,6,10,12H,5H2,(H2,17,18,19,20)/t6-,10-,12-/m1/s1. The Balaban J connectivity index is 1.50. The van der Waals surface area contributed by atoms with Gasteiger partial charge in [0, 0.05) is 33.1 Å². The van der Waals surface area contributed by atoms with E-state index in [2.05, 4.69) is 73.1 Å². The molecule has 3 atom stereocenters. The van der Waals surface area contributed by atoms with E-state index in [1.54, 1.807) is 6.07 Å². The van der Waals surface area contributed by atoms with Crippen molar-refractivity contribution in [1.82, 2.24) is 10.5 Å². The smallest absolute Gasteiger partial charge is 0.320 e. The summed E-state index contributed by atoms with van der Waals surface area (Å²) in [5.74, 6) is 2.03. The van der Waals surface area contributed by atoms with E-state index in [-0.39, 0.29) is 12.1 Å². The summed E-state index contributed by atoms with van der Waals surface area (Å²) in [7, 11) is 0. The summed E-state index contributed by atoms with van der Waals surface area (Å²) in [5, 5.41) is 9.32. The van der Waals surface area contributed by atoms with Crippen molar-refractivity contribution in [2.24, 2.45) is 5.92 Å². The first-order valence-electron chi connectivity index (χ1n) is 6.74. The lowest BCUT2D eigenvalue weighted by atomic mass is 10.1. The van der Waals surface area contributed by atoms with Gasteiger partial charge in [-0.2, -0.15) is 0 Å². The Hall–Kier alpha value is -1.04. The lowest BCUT2D eigenvalue weighted by molar-refractivity contribution is 0.249. The summed E-state index contributed by atoms with van der Waals surface area (Å²) in [4.78, 5) is 12.0. The summed E-state index contributed by atoms with van der Waals surface area (Å²) in [6.07, 6.45) is 1.42. The average molecular weight is 523 g/mol. The van der Waals surface area contributed by atoms with Gasteiger partial charge in [0.15, 0.2) is 5.82 Å². The summed E-state index contributed by atoms with van der Waals surface area (Å²) in [5.41, 5.74) is 1.22. The maximum absolute atomic E-state index is 12.0. The Morgan fingerprint density at radius 3 is 2.86 bits per heavy atom. The van der Waals surface area contributed by atoms with Gasteiger partial charge in [-0.3, -0.25) is 5.32 Å². The predicted octanol–water partition coefficient (Wildman–Crippen LogP) is 3.18. The van der Waals surface area contributed by atoms with Crippen LogP contribution in [0.2, 0.25) is 0 Å². The van der Waals surface area contributed by atoms with E-state index < -0.39 is 0 Å². The van der Waals surface area contributed by atoms with Crippen LogP contribution in [-0.2, 0) is 0 Å². The molecule has 1 aromatic heterocycles. The van der Waals surface area contributed by atoms with Gasteiger partial charge in [-0.1, -0.05) is 5.16 Å². The molecule has 1 aliphatic heterocycles. The Morgan fingerprint density at radius 1 is 1.27 bits per heavy atom. The molecule has 1 saturated carbocycles. The molecular formula is C14H11I2N3O3. The molecule has 6 nitrogen and oxygen atoms in total. The third-order valence-electron chi connectivity index (χ3n) is 3.99. The van der Waals surface area contributed by atoms with Crippen LogP contribution < -0.4 is 15.4 Å². The van der Waals surface area contributed by atoms with Crippen molar-refractivity contribution in [2.45, 2.75) is 12.0 Å². The first-order valence-corrected chi connectivity index (χ1v) is 8.89. The fourth-order valence-electron chi connectivity index (χ4n) is 2.94. The SMILES string of the molecule is O=C(Nc1ccon1)N[C@@H]1[C@@H]2COc3c(I)ccc(I)c3[C@@H]21. The van der Waals surface area contributed by atoms with Gasteiger partial charge in [0.1, 0.15) is 12.0 Å². The van der Waals surface area contributed by atoms with E-state index in [1.165, 1.54) is 15.4 Å². The molecule has 0 bridgehead atoms. The van der Waals surface area contributed by atoms with Gasteiger partial charge >= 0.3 is 6.03 Å². The number of benzene rings is 1. The number of carbonyl (C=O) groups excluding carboxylic acids is 1. The van der Waals surface area contributed by atoms with Crippen LogP contribution in [0, 0.1) is 13.1 Å². The van der Waals surface area contributed by atoms with E-state index in [9.17, 15) is 4.79 Å². The lowest BCUT2D eigenvalue weighted by Gasteiger charge is -2.18. The fraction of sp³-hybridized carbons (Fsp3) is 0.286. The minimum Gasteiger partial charge on any atom is -0.492 e. The molecule has 0 radical (unpaired) electrons. The number of aromatic nitrogens is 1. The number of ether oxygens (including phenoxy) is 1. The Morgan fingerprint density at radius 2 is 2.09 bits per heavy atom. The van der Waals surface area contributed by atoms with E-state index in [0.29, 0.717) is 24.3 Å². The molecule has 1 aromatic carbocycles. The van der Waals surface area contributed by atoms with Crippen molar-refractivity contribution in [1.29, 1.82) is 0 Å². The van der Waals surface area contributed by atoms with Crippen molar-refractivity contribution in [3.05, 3.63) is 37.2 Å². The van der Waals surface area contributed by atoms with Gasteiger partial charge in [0.2, 0.25) is 0 Å². The number of hydrogen-bond acceptors (Lipinski definition) is 4. The first-order chi connectivity index (χ1) is 10.6. The summed E-state index contributed by atoms with van der Waals surface area (Å²) in [6, 6.07) is 5.58. The highest BCUT2D eigenvalue weighted by atomic mass is 127. The number of anilines is 1. The molecule has 2 heterocycles. The summed E-state index contributed by atoms with van der Waals surface area (Å²) in [6.45, 7) is 0.642. The number of rotatable bonds is 2. The number of nitrogens with one attached hydrogen (secondary N) is 2. The molecule has 2 N–H and O–H groups in total. The number of nitrogens with zero attached hydrogens (tertiary/aromatic N) is 1. The molecule has 0 saturated heterocycles. The molecule has 8 heteroatoms. The van der Waals surface area contributed by atoms with Gasteiger partial charge in [0.25, 0.3) is 0 Å². The minimum absolute atomic E-state index is 0.0971. The van der Waals surface area contributed by atoms with Crippen LogP contribution in [0.25, 0.3) is 0 Å². The van der Waals surface area contributed by atoms with Crippen LogP contribution in [0.4, 0.5) is 10.6 Å². The van der Waals surface area contributed by atoms with Crippen LogP contribution in [0.3, 0.4) is 0 Å². The topological polar surface area (TPSA) is 76.4 Å². The molecule has 1 aliphatic carbocycles. The van der Waals surface area contributed by atoms with Crippen molar-refractivity contribution >= 4 is 57.0 Å². The molecule has 2 aliphatic rings. The number of urea groups is 1. The van der Waals surface area contributed by atoms with Crippen LogP contribution >= 0.6 is 45.2 Å². The normalized spacial score (nSPS) is 24.7. The fourth-order valence-corrected chi connectivity index (χ4v) is 4.35. The summed E-state index contributed by atoms with van der Waals surface area (Å²) < 4.78 is 12.9. The van der Waals surface area contributed by atoms with Crippen LogP contribution in [0.1, 0.15) is 11.5 Å². The molecule has 4 rings (SSSR count). The third-order valence-corrected chi connectivity index (χ3v) is 5.78. The highest BCUT2D eigenvalue weighted by Crippen LogP contribution is 2.56. The predicted molar refractivity (Wildman–Crippen MR) is 96.0 cm³/mol. The Bertz CT molecular complexity index is 735. The van der Waals surface area contributed by atoms with Gasteiger partial charge in [-0.15, -0.1) is 0 Å². The monoisotopic (exact) mass is 523 g/mol. The van der Waals surface area contributed by atoms with Gasteiger partial charge in [0.05, 0.1) is 10.2 Å². The second-order valence-corrected chi connectivity index (χ2v) is 7.61. The van der Waals surface area contributed by atoms with E-state index >= 15 is 0 Å². The minimum atomic E-state index is -0.268. The van der Waals surface area contributed by atoms with Crippen LogP contribution in [0.15, 0.2) is 29.0 Å². The largest absolute Gasteiger partial charge is 0.492 e. The first kappa shape index (κ1) is 14.5. The summed E-state index contributed by atoms with van der Waals surface area (Å²) >= 11 is 4.62. The van der Waals surface area contributed by atoms with Crippen molar-refractivity contribution < 1.29 is 14.1 Å². The number of carbonyl (C=O) groups is 1. The van der Waals surface area contributed by atoms with Crippen molar-refractivity contribution in [3.8, 4) is 5.75 Å². The van der Waals surface area contributed by atoms with Crippen LogP contribution in [-0.4, -0.2) is 23.8 Å². The quantitative estimate of drug-likeness (QED) is 0.594. The molecule has 2 amide bonds. The van der Waals surface area contributed by atoms with Gasteiger partial charge in [-0.05, 0) is 57.3 Å². The average Bonchev–Trinajstić information content (AvgIpc) is 2.93. The number of amides is 2. The molecule has 114 valence electrons. The number of hydrogen-bond donors (Lipinski definition) is 2. The zero-order valence-corrected chi connectivity index (χ0v) is 15.5. The molecule has 0 spiro atoms. The maximum Gasteiger partial charge on any atom is 0.320 e. The van der Waals surface area contributed by atoms with E-state index in [4.69, 9.17) is 9.26 Å². The number of fused-ring (bicyclic) bond motifs is 3. The van der Waals surface area contributed by atoms with E-state index in [0.717, 1.165) is 9.32 Å². The van der Waals surface area contributed by atoms with E-state index in [1.807, 2.05) is 0 Å². The molecule has 1 fully saturated rings. The second-order valence-electron chi connectivity index (χ2n) is 5.28. The Labute approximate surface area is 153 Å². The molecule has 22 heavy (non-hydrogen) atoms. The Kier molecular flexibility index (Phi) is 3.67.